The van der Waals surface area contributed by atoms with Crippen LogP contribution in [0.2, 0.25) is 0 Å². The predicted molar refractivity (Wildman–Crippen MR) is 128 cm³/mol. The van der Waals surface area contributed by atoms with E-state index < -0.39 is 0 Å². The summed E-state index contributed by atoms with van der Waals surface area (Å²) < 4.78 is 10.9. The monoisotopic (exact) mass is 450 g/mol. The number of fused-ring (bicyclic) bond motifs is 1. The molecule has 2 aromatic heterocycles. The van der Waals surface area contributed by atoms with Gasteiger partial charge in [-0.25, -0.2) is 4.79 Å². The minimum absolute atomic E-state index is 0.115. The van der Waals surface area contributed by atoms with Crippen LogP contribution in [0.3, 0.4) is 0 Å². The highest BCUT2D eigenvalue weighted by atomic mass is 16.5. The SMILES string of the molecule is COc1cc2cnnc(N3CCC(CCN(C)C(=O)Nc4cccnc4)CC3)c2cc1OC. The number of nitrogens with one attached hydrogen (secondary N) is 1. The van der Waals surface area contributed by atoms with Gasteiger partial charge in [0.1, 0.15) is 0 Å². The van der Waals surface area contributed by atoms with Gasteiger partial charge in [0.2, 0.25) is 0 Å². The Hall–Kier alpha value is -3.62. The number of hydrogen-bond donors (Lipinski definition) is 1. The quantitative estimate of drug-likeness (QED) is 0.585. The van der Waals surface area contributed by atoms with E-state index in [9.17, 15) is 4.79 Å². The Bertz CT molecular complexity index is 1090. The topological polar surface area (TPSA) is 92.7 Å². The fourth-order valence-electron chi connectivity index (χ4n) is 4.20. The van der Waals surface area contributed by atoms with E-state index in [1.807, 2.05) is 25.2 Å². The third-order valence-corrected chi connectivity index (χ3v) is 6.19. The third kappa shape index (κ3) is 5.24. The lowest BCUT2D eigenvalue weighted by Gasteiger charge is -2.33. The number of urea groups is 1. The number of aromatic nitrogens is 3. The number of methoxy groups -OCH3 is 2. The molecule has 9 nitrogen and oxygen atoms in total. The molecule has 1 N–H and O–H groups in total. The van der Waals surface area contributed by atoms with Crippen LogP contribution >= 0.6 is 0 Å². The summed E-state index contributed by atoms with van der Waals surface area (Å²) in [7, 11) is 5.09. The molecule has 1 aliphatic heterocycles. The third-order valence-electron chi connectivity index (χ3n) is 6.19. The van der Waals surface area contributed by atoms with Crippen molar-refractivity contribution in [2.45, 2.75) is 19.3 Å². The van der Waals surface area contributed by atoms with Crippen molar-refractivity contribution in [1.82, 2.24) is 20.1 Å². The van der Waals surface area contributed by atoms with Gasteiger partial charge in [-0.3, -0.25) is 4.98 Å². The number of rotatable bonds is 7. The van der Waals surface area contributed by atoms with Crippen molar-refractivity contribution in [3.8, 4) is 11.5 Å². The Labute approximate surface area is 193 Å². The van der Waals surface area contributed by atoms with Crippen molar-refractivity contribution in [2.24, 2.45) is 5.92 Å². The molecule has 0 unspecified atom stereocenters. The lowest BCUT2D eigenvalue weighted by atomic mass is 9.93. The van der Waals surface area contributed by atoms with Crippen molar-refractivity contribution in [1.29, 1.82) is 0 Å². The molecule has 1 aromatic carbocycles. The summed E-state index contributed by atoms with van der Waals surface area (Å²) >= 11 is 0. The fraction of sp³-hybridized carbons (Fsp3) is 0.417. The molecule has 1 saturated heterocycles. The smallest absolute Gasteiger partial charge is 0.321 e. The predicted octanol–water partition coefficient (Wildman–Crippen LogP) is 3.81. The average Bonchev–Trinajstić information content (AvgIpc) is 2.86. The molecule has 0 spiro atoms. The summed E-state index contributed by atoms with van der Waals surface area (Å²) in [6.07, 6.45) is 8.13. The number of anilines is 2. The average molecular weight is 451 g/mol. The maximum Gasteiger partial charge on any atom is 0.321 e. The first-order chi connectivity index (χ1) is 16.1. The van der Waals surface area contributed by atoms with Crippen molar-refractivity contribution in [3.63, 3.8) is 0 Å². The molecule has 9 heteroatoms. The zero-order chi connectivity index (χ0) is 23.2. The van der Waals surface area contributed by atoms with Gasteiger partial charge < -0.3 is 24.6 Å². The van der Waals surface area contributed by atoms with Gasteiger partial charge in [-0.15, -0.1) is 5.10 Å². The van der Waals surface area contributed by atoms with Crippen molar-refractivity contribution in [2.75, 3.05) is 51.1 Å². The highest BCUT2D eigenvalue weighted by Crippen LogP contribution is 2.36. The number of ether oxygens (including phenoxy) is 2. The summed E-state index contributed by atoms with van der Waals surface area (Å²) in [6.45, 7) is 2.51. The molecule has 3 heterocycles. The lowest BCUT2D eigenvalue weighted by molar-refractivity contribution is 0.216. The summed E-state index contributed by atoms with van der Waals surface area (Å²) in [6, 6.07) is 7.42. The normalized spacial score (nSPS) is 14.2. The van der Waals surface area contributed by atoms with Gasteiger partial charge in [0.05, 0.1) is 32.3 Å². The highest BCUT2D eigenvalue weighted by molar-refractivity contribution is 5.94. The Kier molecular flexibility index (Phi) is 7.07. The number of carbonyl (C=O) groups is 1. The van der Waals surface area contributed by atoms with Gasteiger partial charge in [0.15, 0.2) is 17.3 Å². The van der Waals surface area contributed by atoms with E-state index >= 15 is 0 Å². The van der Waals surface area contributed by atoms with Crippen molar-refractivity contribution in [3.05, 3.63) is 42.9 Å². The standard InChI is InChI=1S/C24H30N6O3/c1-29(24(31)27-19-5-4-9-25-16-19)10-6-17-7-11-30(12-8-17)23-20-14-22(33-3)21(32-2)13-18(20)15-26-28-23/h4-5,9,13-17H,6-8,10-12H2,1-3H3,(H,27,31). The second-order valence-electron chi connectivity index (χ2n) is 8.28. The van der Waals surface area contributed by atoms with Crippen LogP contribution in [0.1, 0.15) is 19.3 Å². The van der Waals surface area contributed by atoms with Crippen LogP contribution in [-0.4, -0.2) is 67.0 Å². The molecule has 0 radical (unpaired) electrons. The molecule has 1 aliphatic rings. The van der Waals surface area contributed by atoms with Crippen LogP contribution < -0.4 is 19.7 Å². The first kappa shape index (κ1) is 22.6. The van der Waals surface area contributed by atoms with E-state index in [-0.39, 0.29) is 6.03 Å². The first-order valence-corrected chi connectivity index (χ1v) is 11.1. The van der Waals surface area contributed by atoms with E-state index in [4.69, 9.17) is 9.47 Å². The van der Waals surface area contributed by atoms with Gasteiger partial charge in [-0.1, -0.05) is 0 Å². The number of amides is 2. The largest absolute Gasteiger partial charge is 0.493 e. The van der Waals surface area contributed by atoms with Crippen molar-refractivity contribution >= 4 is 28.3 Å². The zero-order valence-electron chi connectivity index (χ0n) is 19.3. The number of hydrogen-bond acceptors (Lipinski definition) is 7. The molecule has 174 valence electrons. The van der Waals surface area contributed by atoms with Crippen LogP contribution in [0.15, 0.2) is 42.9 Å². The molecular weight excluding hydrogens is 420 g/mol. The number of pyridine rings is 1. The number of carbonyl (C=O) groups excluding carboxylic acids is 1. The maximum atomic E-state index is 12.4. The minimum atomic E-state index is -0.115. The molecule has 2 amide bonds. The number of benzene rings is 1. The molecule has 3 aromatic rings. The molecule has 1 fully saturated rings. The van der Waals surface area contributed by atoms with Crippen LogP contribution in [-0.2, 0) is 0 Å². The maximum absolute atomic E-state index is 12.4. The van der Waals surface area contributed by atoms with Gasteiger partial charge >= 0.3 is 6.03 Å². The molecule has 0 aliphatic carbocycles. The summed E-state index contributed by atoms with van der Waals surface area (Å²) in [4.78, 5) is 20.4. The molecular formula is C24H30N6O3. The van der Waals surface area contributed by atoms with Gasteiger partial charge in [-0.05, 0) is 49.4 Å². The van der Waals surface area contributed by atoms with E-state index in [2.05, 4.69) is 25.4 Å². The molecule has 0 saturated carbocycles. The minimum Gasteiger partial charge on any atom is -0.493 e. The Balaban J connectivity index is 1.33. The van der Waals surface area contributed by atoms with Crippen LogP contribution in [0.4, 0.5) is 16.3 Å². The second kappa shape index (κ2) is 10.3. The van der Waals surface area contributed by atoms with Gasteiger partial charge in [-0.2, -0.15) is 5.10 Å². The summed E-state index contributed by atoms with van der Waals surface area (Å²) in [5, 5.41) is 13.5. The molecule has 0 bridgehead atoms. The Morgan fingerprint density at radius 2 is 1.94 bits per heavy atom. The van der Waals surface area contributed by atoms with Gasteiger partial charge in [0.25, 0.3) is 0 Å². The van der Waals surface area contributed by atoms with E-state index in [1.165, 1.54) is 0 Å². The molecule has 33 heavy (non-hydrogen) atoms. The molecule has 4 rings (SSSR count). The zero-order valence-corrected chi connectivity index (χ0v) is 19.3. The van der Waals surface area contributed by atoms with E-state index in [0.717, 1.165) is 48.9 Å². The van der Waals surface area contributed by atoms with E-state index in [1.54, 1.807) is 43.8 Å². The molecule has 0 atom stereocenters. The lowest BCUT2D eigenvalue weighted by Crippen LogP contribution is -2.37. The fourth-order valence-corrected chi connectivity index (χ4v) is 4.20. The van der Waals surface area contributed by atoms with Crippen LogP contribution in [0.25, 0.3) is 10.8 Å². The highest BCUT2D eigenvalue weighted by Gasteiger charge is 2.23. The second-order valence-corrected chi connectivity index (χ2v) is 8.28. The van der Waals surface area contributed by atoms with Gasteiger partial charge in [0, 0.05) is 43.7 Å². The van der Waals surface area contributed by atoms with E-state index in [0.29, 0.717) is 29.6 Å². The van der Waals surface area contributed by atoms with Crippen LogP contribution in [0, 0.1) is 5.92 Å². The van der Waals surface area contributed by atoms with Crippen LogP contribution in [0.5, 0.6) is 11.5 Å². The Morgan fingerprint density at radius 3 is 2.64 bits per heavy atom. The van der Waals surface area contributed by atoms with Crippen molar-refractivity contribution < 1.29 is 14.3 Å². The first-order valence-electron chi connectivity index (χ1n) is 11.1. The number of piperidine rings is 1. The summed E-state index contributed by atoms with van der Waals surface area (Å²) in [5.41, 5.74) is 0.702. The summed E-state index contributed by atoms with van der Waals surface area (Å²) in [5.74, 6) is 2.80. The Morgan fingerprint density at radius 1 is 1.18 bits per heavy atom. The number of nitrogens with zero attached hydrogens (tertiary/aromatic N) is 5.